The van der Waals surface area contributed by atoms with Gasteiger partial charge in [0.05, 0.1) is 12.6 Å². The molecule has 1 aliphatic rings. The molecule has 0 aliphatic carbocycles. The van der Waals surface area contributed by atoms with Crippen LogP contribution in [0.2, 0.25) is 0 Å². The van der Waals surface area contributed by atoms with Gasteiger partial charge in [-0.15, -0.1) is 0 Å². The molecule has 0 N–H and O–H groups in total. The van der Waals surface area contributed by atoms with Crippen molar-refractivity contribution in [1.82, 2.24) is 14.8 Å². The number of benzene rings is 2. The van der Waals surface area contributed by atoms with Crippen LogP contribution in [0.4, 0.5) is 0 Å². The second-order valence-electron chi connectivity index (χ2n) is 8.57. The van der Waals surface area contributed by atoms with Gasteiger partial charge >= 0.3 is 0 Å². The highest BCUT2D eigenvalue weighted by Gasteiger charge is 2.20. The van der Waals surface area contributed by atoms with E-state index in [-0.39, 0.29) is 0 Å². The first-order valence-corrected chi connectivity index (χ1v) is 11.1. The number of ether oxygens (including phenoxy) is 1. The molecule has 3 aromatic rings. The summed E-state index contributed by atoms with van der Waals surface area (Å²) >= 11 is 0. The smallest absolute Gasteiger partial charge is 0.118 e. The van der Waals surface area contributed by atoms with Gasteiger partial charge in [-0.3, -0.25) is 9.88 Å². The Kier molecular flexibility index (Phi) is 6.98. The summed E-state index contributed by atoms with van der Waals surface area (Å²) in [6.45, 7) is 5.64. The molecule has 2 heterocycles. The number of pyridine rings is 1. The first-order chi connectivity index (χ1) is 14.7. The van der Waals surface area contributed by atoms with E-state index < -0.39 is 0 Å². The lowest BCUT2D eigenvalue weighted by Gasteiger charge is -2.33. The fraction of sp³-hybridized carbons (Fsp3) is 0.423. The van der Waals surface area contributed by atoms with E-state index in [4.69, 9.17) is 4.74 Å². The van der Waals surface area contributed by atoms with E-state index in [1.54, 1.807) is 7.11 Å². The molecule has 0 atom stereocenters. The van der Waals surface area contributed by atoms with Crippen molar-refractivity contribution in [2.75, 3.05) is 40.3 Å². The number of likely N-dealkylation sites (tertiary alicyclic amines) is 1. The molecule has 0 radical (unpaired) electrons. The molecular formula is C26H33N3O. The second-order valence-corrected chi connectivity index (χ2v) is 8.57. The monoisotopic (exact) mass is 403 g/mol. The van der Waals surface area contributed by atoms with E-state index in [1.807, 2.05) is 12.3 Å². The quantitative estimate of drug-likeness (QED) is 0.548. The van der Waals surface area contributed by atoms with Crippen molar-refractivity contribution in [2.24, 2.45) is 5.92 Å². The molecule has 1 aromatic heterocycles. The number of hydrogen-bond donors (Lipinski definition) is 0. The van der Waals surface area contributed by atoms with Crippen LogP contribution in [0.25, 0.3) is 10.9 Å². The maximum absolute atomic E-state index is 5.30. The van der Waals surface area contributed by atoms with Crippen molar-refractivity contribution in [2.45, 2.75) is 25.8 Å². The molecular weight excluding hydrogens is 370 g/mol. The molecule has 4 rings (SSSR count). The lowest BCUT2D eigenvalue weighted by Crippen LogP contribution is -2.37. The number of hydrogen-bond acceptors (Lipinski definition) is 4. The van der Waals surface area contributed by atoms with Crippen LogP contribution < -0.4 is 4.74 Å². The van der Waals surface area contributed by atoms with Gasteiger partial charge in [-0.2, -0.15) is 0 Å². The molecule has 0 unspecified atom stereocenters. The second kappa shape index (κ2) is 10.1. The SMILES string of the molecule is COc1ccc(CCN(Cc2cccc3ncccc23)CC2CCN(C)CC2)cc1. The molecule has 4 heteroatoms. The fourth-order valence-electron chi connectivity index (χ4n) is 4.47. The minimum Gasteiger partial charge on any atom is -0.497 e. The average Bonchev–Trinajstić information content (AvgIpc) is 2.79. The number of rotatable bonds is 8. The van der Waals surface area contributed by atoms with Crippen molar-refractivity contribution in [3.05, 3.63) is 71.9 Å². The number of methoxy groups -OCH3 is 1. The summed E-state index contributed by atoms with van der Waals surface area (Å²) in [5, 5.41) is 1.28. The number of fused-ring (bicyclic) bond motifs is 1. The minimum absolute atomic E-state index is 0.783. The summed E-state index contributed by atoms with van der Waals surface area (Å²) in [5.74, 6) is 1.70. The molecule has 158 valence electrons. The van der Waals surface area contributed by atoms with Crippen LogP contribution in [0.1, 0.15) is 24.0 Å². The lowest BCUT2D eigenvalue weighted by atomic mass is 9.96. The summed E-state index contributed by atoms with van der Waals surface area (Å²) in [4.78, 5) is 9.65. The molecule has 4 nitrogen and oxygen atoms in total. The summed E-state index contributed by atoms with van der Waals surface area (Å²) in [7, 11) is 3.96. The zero-order chi connectivity index (χ0) is 20.8. The Morgan fingerprint density at radius 1 is 1.03 bits per heavy atom. The van der Waals surface area contributed by atoms with Crippen LogP contribution >= 0.6 is 0 Å². The van der Waals surface area contributed by atoms with Crippen molar-refractivity contribution in [1.29, 1.82) is 0 Å². The van der Waals surface area contributed by atoms with Crippen LogP contribution in [0.15, 0.2) is 60.8 Å². The van der Waals surface area contributed by atoms with Gasteiger partial charge in [0.25, 0.3) is 0 Å². The predicted molar refractivity (Wildman–Crippen MR) is 124 cm³/mol. The summed E-state index contributed by atoms with van der Waals surface area (Å²) in [6.07, 6.45) is 5.53. The Labute approximate surface area is 180 Å². The fourth-order valence-corrected chi connectivity index (χ4v) is 4.47. The Morgan fingerprint density at radius 3 is 2.60 bits per heavy atom. The molecule has 0 amide bonds. The van der Waals surface area contributed by atoms with Gasteiger partial charge in [0.2, 0.25) is 0 Å². The van der Waals surface area contributed by atoms with E-state index in [0.717, 1.165) is 36.7 Å². The highest BCUT2D eigenvalue weighted by molar-refractivity contribution is 5.81. The first-order valence-electron chi connectivity index (χ1n) is 11.1. The average molecular weight is 404 g/mol. The molecule has 0 bridgehead atoms. The van der Waals surface area contributed by atoms with Crippen LogP contribution in [0.3, 0.4) is 0 Å². The van der Waals surface area contributed by atoms with Crippen LogP contribution in [-0.4, -0.2) is 55.1 Å². The molecule has 0 saturated carbocycles. The van der Waals surface area contributed by atoms with Crippen molar-refractivity contribution >= 4 is 10.9 Å². The van der Waals surface area contributed by atoms with Crippen LogP contribution in [0, 0.1) is 5.92 Å². The van der Waals surface area contributed by atoms with Gasteiger partial charge in [-0.05, 0) is 80.7 Å². The zero-order valence-corrected chi connectivity index (χ0v) is 18.3. The number of nitrogens with zero attached hydrogens (tertiary/aromatic N) is 3. The van der Waals surface area contributed by atoms with Gasteiger partial charge in [0, 0.05) is 31.2 Å². The van der Waals surface area contributed by atoms with Crippen molar-refractivity contribution in [3.63, 3.8) is 0 Å². The van der Waals surface area contributed by atoms with Gasteiger partial charge in [0.1, 0.15) is 5.75 Å². The topological polar surface area (TPSA) is 28.6 Å². The van der Waals surface area contributed by atoms with Gasteiger partial charge < -0.3 is 9.64 Å². The Bertz CT molecular complexity index is 927. The maximum atomic E-state index is 5.30. The zero-order valence-electron chi connectivity index (χ0n) is 18.3. The van der Waals surface area contributed by atoms with Crippen molar-refractivity contribution < 1.29 is 4.74 Å². The van der Waals surface area contributed by atoms with E-state index in [2.05, 4.69) is 70.4 Å². The van der Waals surface area contributed by atoms with E-state index in [1.165, 1.54) is 49.0 Å². The largest absolute Gasteiger partial charge is 0.497 e. The first kappa shape index (κ1) is 20.8. The number of piperidine rings is 1. The Balaban J connectivity index is 1.48. The molecule has 1 saturated heterocycles. The molecule has 0 spiro atoms. The highest BCUT2D eigenvalue weighted by Crippen LogP contribution is 2.22. The van der Waals surface area contributed by atoms with Crippen LogP contribution in [-0.2, 0) is 13.0 Å². The van der Waals surface area contributed by atoms with E-state index >= 15 is 0 Å². The molecule has 1 fully saturated rings. The molecule has 30 heavy (non-hydrogen) atoms. The third kappa shape index (κ3) is 5.38. The van der Waals surface area contributed by atoms with E-state index in [0.29, 0.717) is 0 Å². The van der Waals surface area contributed by atoms with Gasteiger partial charge in [0.15, 0.2) is 0 Å². The summed E-state index contributed by atoms with van der Waals surface area (Å²) in [6, 6.07) is 19.3. The van der Waals surface area contributed by atoms with Gasteiger partial charge in [-0.25, -0.2) is 0 Å². The highest BCUT2D eigenvalue weighted by atomic mass is 16.5. The van der Waals surface area contributed by atoms with E-state index in [9.17, 15) is 0 Å². The number of aromatic nitrogens is 1. The minimum atomic E-state index is 0.783. The lowest BCUT2D eigenvalue weighted by molar-refractivity contribution is 0.157. The summed E-state index contributed by atoms with van der Waals surface area (Å²) < 4.78 is 5.30. The third-order valence-corrected chi connectivity index (χ3v) is 6.36. The Hall–Kier alpha value is -2.43. The van der Waals surface area contributed by atoms with Gasteiger partial charge in [-0.1, -0.05) is 30.3 Å². The third-order valence-electron chi connectivity index (χ3n) is 6.36. The van der Waals surface area contributed by atoms with Crippen LogP contribution in [0.5, 0.6) is 5.75 Å². The molecule has 2 aromatic carbocycles. The Morgan fingerprint density at radius 2 is 1.83 bits per heavy atom. The standard InChI is InChI=1S/C26H33N3O/c1-28-16-12-22(13-17-28)19-29(18-14-21-8-10-24(30-2)11-9-21)20-23-5-3-7-26-25(23)6-4-15-27-26/h3-11,15,22H,12-14,16-20H2,1-2H3. The summed E-state index contributed by atoms with van der Waals surface area (Å²) in [5.41, 5.74) is 3.83. The maximum Gasteiger partial charge on any atom is 0.118 e. The molecule has 1 aliphatic heterocycles. The van der Waals surface area contributed by atoms with Crippen molar-refractivity contribution in [3.8, 4) is 5.75 Å². The normalized spacial score (nSPS) is 15.7. The predicted octanol–water partition coefficient (Wildman–Crippen LogP) is 4.63.